The molecule has 2 aliphatic heterocycles. The SMILES string of the molecule is CCc1nccn1CCN1CCN(S(=O)(=O)N2CCCC2)CC1. The second-order valence-electron chi connectivity index (χ2n) is 6.25. The molecule has 1 aromatic rings. The van der Waals surface area contributed by atoms with E-state index in [0.717, 1.165) is 51.3 Å². The van der Waals surface area contributed by atoms with E-state index in [-0.39, 0.29) is 0 Å². The predicted molar refractivity (Wildman–Crippen MR) is 89.3 cm³/mol. The van der Waals surface area contributed by atoms with E-state index in [2.05, 4.69) is 21.4 Å². The van der Waals surface area contributed by atoms with Gasteiger partial charge in [0.2, 0.25) is 0 Å². The summed E-state index contributed by atoms with van der Waals surface area (Å²) in [6, 6.07) is 0. The summed E-state index contributed by atoms with van der Waals surface area (Å²) in [5.41, 5.74) is 0. The molecule has 3 heterocycles. The highest BCUT2D eigenvalue weighted by molar-refractivity contribution is 7.86. The number of hydrogen-bond acceptors (Lipinski definition) is 4. The van der Waals surface area contributed by atoms with Gasteiger partial charge in [0, 0.05) is 71.2 Å². The van der Waals surface area contributed by atoms with Crippen molar-refractivity contribution in [3.8, 4) is 0 Å². The van der Waals surface area contributed by atoms with Gasteiger partial charge in [0.15, 0.2) is 0 Å². The molecule has 0 amide bonds. The Morgan fingerprint density at radius 2 is 1.65 bits per heavy atom. The van der Waals surface area contributed by atoms with Crippen molar-refractivity contribution in [2.24, 2.45) is 0 Å². The van der Waals surface area contributed by atoms with Crippen LogP contribution < -0.4 is 0 Å². The van der Waals surface area contributed by atoms with Crippen LogP contribution in [0.15, 0.2) is 12.4 Å². The van der Waals surface area contributed by atoms with E-state index in [1.54, 1.807) is 8.61 Å². The first-order valence-electron chi connectivity index (χ1n) is 8.59. The highest BCUT2D eigenvalue weighted by Gasteiger charge is 2.33. The third-order valence-electron chi connectivity index (χ3n) is 4.82. The maximum Gasteiger partial charge on any atom is 0.282 e. The van der Waals surface area contributed by atoms with E-state index in [1.807, 2.05) is 12.4 Å². The number of hydrogen-bond donors (Lipinski definition) is 0. The summed E-state index contributed by atoms with van der Waals surface area (Å²) in [7, 11) is -3.23. The van der Waals surface area contributed by atoms with Crippen LogP contribution in [0.1, 0.15) is 25.6 Å². The number of aromatic nitrogens is 2. The van der Waals surface area contributed by atoms with Crippen LogP contribution in [0, 0.1) is 0 Å². The van der Waals surface area contributed by atoms with Crippen LogP contribution in [-0.4, -0.2) is 77.3 Å². The van der Waals surface area contributed by atoms with Crippen molar-refractivity contribution in [3.63, 3.8) is 0 Å². The predicted octanol–water partition coefficient (Wildman–Crippen LogP) is 0.404. The summed E-state index contributed by atoms with van der Waals surface area (Å²) in [5.74, 6) is 1.11. The molecular weight excluding hydrogens is 314 g/mol. The first-order valence-corrected chi connectivity index (χ1v) is 9.98. The molecule has 0 radical (unpaired) electrons. The Bertz CT molecular complexity index is 601. The quantitative estimate of drug-likeness (QED) is 0.752. The first-order chi connectivity index (χ1) is 11.1. The van der Waals surface area contributed by atoms with Crippen LogP contribution in [0.2, 0.25) is 0 Å². The van der Waals surface area contributed by atoms with Gasteiger partial charge in [-0.2, -0.15) is 17.0 Å². The smallest absolute Gasteiger partial charge is 0.282 e. The zero-order valence-electron chi connectivity index (χ0n) is 13.9. The lowest BCUT2D eigenvalue weighted by atomic mass is 10.3. The number of piperazine rings is 1. The molecular formula is C15H27N5O2S. The second kappa shape index (κ2) is 7.29. The van der Waals surface area contributed by atoms with E-state index >= 15 is 0 Å². The minimum absolute atomic E-state index is 0.601. The average molecular weight is 341 g/mol. The summed E-state index contributed by atoms with van der Waals surface area (Å²) in [5, 5.41) is 0. The molecule has 2 saturated heterocycles. The van der Waals surface area contributed by atoms with E-state index < -0.39 is 10.2 Å². The minimum Gasteiger partial charge on any atom is -0.334 e. The molecule has 0 N–H and O–H groups in total. The lowest BCUT2D eigenvalue weighted by molar-refractivity contribution is 0.177. The molecule has 0 unspecified atom stereocenters. The van der Waals surface area contributed by atoms with Crippen LogP contribution in [0.3, 0.4) is 0 Å². The zero-order chi connectivity index (χ0) is 16.3. The van der Waals surface area contributed by atoms with Gasteiger partial charge in [-0.05, 0) is 12.8 Å². The summed E-state index contributed by atoms with van der Waals surface area (Å²) in [6.45, 7) is 8.16. The van der Waals surface area contributed by atoms with Gasteiger partial charge in [0.25, 0.3) is 10.2 Å². The van der Waals surface area contributed by atoms with Gasteiger partial charge in [-0.25, -0.2) is 4.98 Å². The maximum absolute atomic E-state index is 12.5. The van der Waals surface area contributed by atoms with E-state index in [1.165, 1.54) is 0 Å². The molecule has 0 atom stereocenters. The van der Waals surface area contributed by atoms with E-state index in [0.29, 0.717) is 26.2 Å². The van der Waals surface area contributed by atoms with E-state index in [9.17, 15) is 8.42 Å². The Morgan fingerprint density at radius 1 is 1.00 bits per heavy atom. The van der Waals surface area contributed by atoms with Crippen molar-refractivity contribution in [3.05, 3.63) is 18.2 Å². The van der Waals surface area contributed by atoms with Crippen LogP contribution in [-0.2, 0) is 23.2 Å². The van der Waals surface area contributed by atoms with Crippen molar-refractivity contribution in [1.29, 1.82) is 0 Å². The minimum atomic E-state index is -3.23. The molecule has 130 valence electrons. The Hall–Kier alpha value is -0.960. The topological polar surface area (TPSA) is 61.7 Å². The van der Waals surface area contributed by atoms with Gasteiger partial charge < -0.3 is 4.57 Å². The van der Waals surface area contributed by atoms with Crippen molar-refractivity contribution in [2.75, 3.05) is 45.8 Å². The normalized spacial score (nSPS) is 22.0. The van der Waals surface area contributed by atoms with Crippen LogP contribution in [0.4, 0.5) is 0 Å². The molecule has 3 rings (SSSR count). The third-order valence-corrected chi connectivity index (χ3v) is 6.86. The summed E-state index contributed by atoms with van der Waals surface area (Å²) in [6.07, 6.45) is 6.79. The number of aryl methyl sites for hydroxylation is 1. The zero-order valence-corrected chi connectivity index (χ0v) is 14.7. The van der Waals surface area contributed by atoms with Gasteiger partial charge in [-0.15, -0.1) is 0 Å². The molecule has 7 nitrogen and oxygen atoms in total. The monoisotopic (exact) mass is 341 g/mol. The van der Waals surface area contributed by atoms with Gasteiger partial charge in [0.05, 0.1) is 0 Å². The molecule has 2 fully saturated rings. The Labute approximate surface area is 139 Å². The highest BCUT2D eigenvalue weighted by Crippen LogP contribution is 2.18. The molecule has 23 heavy (non-hydrogen) atoms. The number of nitrogens with zero attached hydrogens (tertiary/aromatic N) is 5. The van der Waals surface area contributed by atoms with Crippen molar-refractivity contribution in [1.82, 2.24) is 23.1 Å². The maximum atomic E-state index is 12.5. The Kier molecular flexibility index (Phi) is 5.35. The number of imidazole rings is 1. The molecule has 0 saturated carbocycles. The largest absolute Gasteiger partial charge is 0.334 e. The molecule has 2 aliphatic rings. The fourth-order valence-electron chi connectivity index (χ4n) is 3.37. The van der Waals surface area contributed by atoms with Crippen LogP contribution in [0.25, 0.3) is 0 Å². The molecule has 0 aliphatic carbocycles. The summed E-state index contributed by atoms with van der Waals surface area (Å²) in [4.78, 5) is 6.68. The fourth-order valence-corrected chi connectivity index (χ4v) is 5.04. The second-order valence-corrected chi connectivity index (χ2v) is 8.17. The summed E-state index contributed by atoms with van der Waals surface area (Å²) < 4.78 is 30.6. The van der Waals surface area contributed by atoms with Gasteiger partial charge in [0.1, 0.15) is 5.82 Å². The van der Waals surface area contributed by atoms with Crippen LogP contribution in [0.5, 0.6) is 0 Å². The average Bonchev–Trinajstić information content (AvgIpc) is 3.24. The molecule has 8 heteroatoms. The van der Waals surface area contributed by atoms with Crippen LogP contribution >= 0.6 is 0 Å². The first kappa shape index (κ1) is 16.9. The van der Waals surface area contributed by atoms with Crippen molar-refractivity contribution in [2.45, 2.75) is 32.7 Å². The summed E-state index contributed by atoms with van der Waals surface area (Å²) >= 11 is 0. The highest BCUT2D eigenvalue weighted by atomic mass is 32.2. The molecule has 0 spiro atoms. The van der Waals surface area contributed by atoms with Gasteiger partial charge in [-0.3, -0.25) is 4.90 Å². The fraction of sp³-hybridized carbons (Fsp3) is 0.800. The Morgan fingerprint density at radius 3 is 2.30 bits per heavy atom. The molecule has 1 aromatic heterocycles. The van der Waals surface area contributed by atoms with Gasteiger partial charge in [-0.1, -0.05) is 6.92 Å². The Balaban J connectivity index is 1.48. The van der Waals surface area contributed by atoms with Crippen molar-refractivity contribution < 1.29 is 8.42 Å². The number of rotatable bonds is 6. The molecule has 0 aromatic carbocycles. The van der Waals surface area contributed by atoms with E-state index in [4.69, 9.17) is 0 Å². The van der Waals surface area contributed by atoms with Crippen molar-refractivity contribution >= 4 is 10.2 Å². The third kappa shape index (κ3) is 3.76. The lowest BCUT2D eigenvalue weighted by Crippen LogP contribution is -2.52. The molecule has 0 bridgehead atoms. The van der Waals surface area contributed by atoms with Gasteiger partial charge >= 0.3 is 0 Å². The standard InChI is InChI=1S/C15H27N5O2S/c1-2-15-16-5-8-18(15)12-9-17-10-13-20(14-11-17)23(21,22)19-6-3-4-7-19/h5,8H,2-4,6-7,9-14H2,1H3. The lowest BCUT2D eigenvalue weighted by Gasteiger charge is -2.35.